The van der Waals surface area contributed by atoms with Crippen LogP contribution in [0.4, 0.5) is 17.6 Å². The fourth-order valence-electron chi connectivity index (χ4n) is 0.844. The highest BCUT2D eigenvalue weighted by molar-refractivity contribution is 5.93. The standard InChI is InChI=1S/C9H7F4NO2/c10-7-3-1-6(2-4-7)8(15)14-16-5-9(11,12)13/h1-4H,5H2,(H,14,15). The summed E-state index contributed by atoms with van der Waals surface area (Å²) in [6.45, 7) is -1.58. The second kappa shape index (κ2) is 4.93. The van der Waals surface area contributed by atoms with Crippen LogP contribution in [0.3, 0.4) is 0 Å². The van der Waals surface area contributed by atoms with Gasteiger partial charge in [0.1, 0.15) is 5.82 Å². The molecule has 1 aromatic rings. The van der Waals surface area contributed by atoms with Gasteiger partial charge in [0.15, 0.2) is 6.61 Å². The third-order valence-corrected chi connectivity index (χ3v) is 1.51. The quantitative estimate of drug-likeness (QED) is 0.645. The number of hydroxylamine groups is 1. The molecule has 88 valence electrons. The lowest BCUT2D eigenvalue weighted by atomic mass is 10.2. The first-order chi connectivity index (χ1) is 7.38. The van der Waals surface area contributed by atoms with E-state index in [1.807, 2.05) is 0 Å². The zero-order valence-corrected chi connectivity index (χ0v) is 7.84. The summed E-state index contributed by atoms with van der Waals surface area (Å²) in [5, 5.41) is 0. The Bertz CT molecular complexity index is 361. The summed E-state index contributed by atoms with van der Waals surface area (Å²) < 4.78 is 47.4. The second-order valence-corrected chi connectivity index (χ2v) is 2.84. The average molecular weight is 237 g/mol. The van der Waals surface area contributed by atoms with Crippen molar-refractivity contribution in [3.63, 3.8) is 0 Å². The molecule has 1 aromatic carbocycles. The molecule has 0 radical (unpaired) electrons. The molecule has 1 amide bonds. The minimum absolute atomic E-state index is 0.00331. The molecular weight excluding hydrogens is 230 g/mol. The predicted octanol–water partition coefficient (Wildman–Crippen LogP) is 2.05. The number of rotatable bonds is 3. The van der Waals surface area contributed by atoms with E-state index in [4.69, 9.17) is 0 Å². The van der Waals surface area contributed by atoms with Crippen LogP contribution in [0.5, 0.6) is 0 Å². The van der Waals surface area contributed by atoms with Crippen LogP contribution in [-0.4, -0.2) is 18.7 Å². The van der Waals surface area contributed by atoms with Gasteiger partial charge in [0.05, 0.1) is 0 Å². The highest BCUT2D eigenvalue weighted by atomic mass is 19.4. The van der Waals surface area contributed by atoms with E-state index in [0.717, 1.165) is 24.3 Å². The molecule has 0 aromatic heterocycles. The molecule has 0 bridgehead atoms. The Hall–Kier alpha value is -1.63. The number of nitrogens with one attached hydrogen (secondary N) is 1. The van der Waals surface area contributed by atoms with Gasteiger partial charge in [-0.25, -0.2) is 9.87 Å². The van der Waals surface area contributed by atoms with E-state index in [9.17, 15) is 22.4 Å². The van der Waals surface area contributed by atoms with E-state index in [1.54, 1.807) is 5.48 Å². The van der Waals surface area contributed by atoms with Crippen molar-refractivity contribution in [2.24, 2.45) is 0 Å². The highest BCUT2D eigenvalue weighted by Crippen LogP contribution is 2.13. The summed E-state index contributed by atoms with van der Waals surface area (Å²) >= 11 is 0. The Morgan fingerprint density at radius 2 is 1.81 bits per heavy atom. The normalized spacial score (nSPS) is 11.2. The summed E-state index contributed by atoms with van der Waals surface area (Å²) in [7, 11) is 0. The van der Waals surface area contributed by atoms with Crippen LogP contribution in [0.25, 0.3) is 0 Å². The Morgan fingerprint density at radius 3 is 2.31 bits per heavy atom. The smallest absolute Gasteiger partial charge is 0.267 e. The van der Waals surface area contributed by atoms with Gasteiger partial charge in [-0.05, 0) is 24.3 Å². The van der Waals surface area contributed by atoms with Crippen LogP contribution >= 0.6 is 0 Å². The predicted molar refractivity (Wildman–Crippen MR) is 45.9 cm³/mol. The summed E-state index contributed by atoms with van der Waals surface area (Å²) in [4.78, 5) is 15.0. The van der Waals surface area contributed by atoms with Crippen molar-refractivity contribution in [3.8, 4) is 0 Å². The van der Waals surface area contributed by atoms with E-state index >= 15 is 0 Å². The number of carbonyl (C=O) groups excluding carboxylic acids is 1. The second-order valence-electron chi connectivity index (χ2n) is 2.84. The molecule has 1 rings (SSSR count). The zero-order chi connectivity index (χ0) is 12.2. The topological polar surface area (TPSA) is 38.3 Å². The molecule has 0 aliphatic rings. The van der Waals surface area contributed by atoms with Crippen molar-refractivity contribution in [2.45, 2.75) is 6.18 Å². The number of carbonyl (C=O) groups is 1. The highest BCUT2D eigenvalue weighted by Gasteiger charge is 2.28. The number of alkyl halides is 3. The Morgan fingerprint density at radius 1 is 1.25 bits per heavy atom. The number of hydrogen-bond acceptors (Lipinski definition) is 2. The maximum Gasteiger partial charge on any atom is 0.414 e. The number of halogens is 4. The van der Waals surface area contributed by atoms with Crippen LogP contribution in [-0.2, 0) is 4.84 Å². The molecule has 0 heterocycles. The summed E-state index contributed by atoms with van der Waals surface area (Å²) in [6.07, 6.45) is -4.52. The van der Waals surface area contributed by atoms with Gasteiger partial charge >= 0.3 is 6.18 Å². The first-order valence-corrected chi connectivity index (χ1v) is 4.13. The summed E-state index contributed by atoms with van der Waals surface area (Å²) in [6, 6.07) is 4.28. The van der Waals surface area contributed by atoms with E-state index in [1.165, 1.54) is 0 Å². The largest absolute Gasteiger partial charge is 0.414 e. The summed E-state index contributed by atoms with van der Waals surface area (Å²) in [5.74, 6) is -1.42. The van der Waals surface area contributed by atoms with Crippen molar-refractivity contribution in [2.75, 3.05) is 6.61 Å². The number of benzene rings is 1. The lowest BCUT2D eigenvalue weighted by Gasteiger charge is -2.08. The lowest BCUT2D eigenvalue weighted by Crippen LogP contribution is -2.29. The Kier molecular flexibility index (Phi) is 3.83. The Labute approximate surface area is 88.0 Å². The average Bonchev–Trinajstić information content (AvgIpc) is 2.16. The molecule has 16 heavy (non-hydrogen) atoms. The van der Waals surface area contributed by atoms with Crippen molar-refractivity contribution < 1.29 is 27.2 Å². The van der Waals surface area contributed by atoms with Gasteiger partial charge in [0.25, 0.3) is 5.91 Å². The third-order valence-electron chi connectivity index (χ3n) is 1.51. The molecule has 0 saturated heterocycles. The van der Waals surface area contributed by atoms with E-state index in [2.05, 4.69) is 4.84 Å². The van der Waals surface area contributed by atoms with Crippen LogP contribution in [0.2, 0.25) is 0 Å². The van der Waals surface area contributed by atoms with Gasteiger partial charge < -0.3 is 0 Å². The maximum absolute atomic E-state index is 12.4. The van der Waals surface area contributed by atoms with Gasteiger partial charge in [-0.15, -0.1) is 0 Å². The maximum atomic E-state index is 12.4. The van der Waals surface area contributed by atoms with Crippen LogP contribution in [0.15, 0.2) is 24.3 Å². The minimum atomic E-state index is -4.52. The monoisotopic (exact) mass is 237 g/mol. The molecule has 3 nitrogen and oxygen atoms in total. The van der Waals surface area contributed by atoms with Gasteiger partial charge in [0.2, 0.25) is 0 Å². The van der Waals surface area contributed by atoms with Crippen molar-refractivity contribution in [1.82, 2.24) is 5.48 Å². The SMILES string of the molecule is O=C(NOCC(F)(F)F)c1ccc(F)cc1. The fraction of sp³-hybridized carbons (Fsp3) is 0.222. The molecular formula is C9H7F4NO2. The molecule has 0 spiro atoms. The van der Waals surface area contributed by atoms with Crippen molar-refractivity contribution in [1.29, 1.82) is 0 Å². The molecule has 0 saturated carbocycles. The van der Waals surface area contributed by atoms with Crippen molar-refractivity contribution >= 4 is 5.91 Å². The van der Waals surface area contributed by atoms with Crippen molar-refractivity contribution in [3.05, 3.63) is 35.6 Å². The van der Waals surface area contributed by atoms with Gasteiger partial charge in [-0.1, -0.05) is 0 Å². The fourth-order valence-corrected chi connectivity index (χ4v) is 0.844. The Balaban J connectivity index is 2.44. The molecule has 0 atom stereocenters. The number of hydrogen-bond donors (Lipinski definition) is 1. The lowest BCUT2D eigenvalue weighted by molar-refractivity contribution is -0.184. The molecule has 0 fully saturated rings. The van der Waals surface area contributed by atoms with E-state index in [0.29, 0.717) is 0 Å². The molecule has 0 aliphatic heterocycles. The van der Waals surface area contributed by atoms with E-state index in [-0.39, 0.29) is 5.56 Å². The first-order valence-electron chi connectivity index (χ1n) is 4.13. The zero-order valence-electron chi connectivity index (χ0n) is 7.84. The number of amides is 1. The first kappa shape index (κ1) is 12.4. The van der Waals surface area contributed by atoms with Crippen LogP contribution in [0.1, 0.15) is 10.4 Å². The summed E-state index contributed by atoms with van der Waals surface area (Å²) in [5.41, 5.74) is 1.60. The van der Waals surface area contributed by atoms with Crippen LogP contribution in [0, 0.1) is 5.82 Å². The van der Waals surface area contributed by atoms with Crippen LogP contribution < -0.4 is 5.48 Å². The third kappa shape index (κ3) is 4.26. The van der Waals surface area contributed by atoms with Gasteiger partial charge in [-0.3, -0.25) is 9.63 Å². The van der Waals surface area contributed by atoms with Gasteiger partial charge in [-0.2, -0.15) is 13.2 Å². The molecule has 1 N–H and O–H groups in total. The van der Waals surface area contributed by atoms with Gasteiger partial charge in [0, 0.05) is 5.56 Å². The minimum Gasteiger partial charge on any atom is -0.267 e. The molecule has 0 unspecified atom stereocenters. The molecule has 7 heteroatoms. The molecule has 0 aliphatic carbocycles. The van der Waals surface area contributed by atoms with E-state index < -0.39 is 24.5 Å².